The maximum absolute atomic E-state index is 13.2. The van der Waals surface area contributed by atoms with Gasteiger partial charge in [0.15, 0.2) is 0 Å². The summed E-state index contributed by atoms with van der Waals surface area (Å²) in [4.78, 5) is 26.1. The van der Waals surface area contributed by atoms with Crippen molar-refractivity contribution < 1.29 is 22.4 Å². The monoisotopic (exact) mass is 501 g/mol. The van der Waals surface area contributed by atoms with Crippen LogP contribution in [0.1, 0.15) is 54.4 Å². The van der Waals surface area contributed by atoms with Crippen molar-refractivity contribution in [1.29, 1.82) is 0 Å². The van der Waals surface area contributed by atoms with Gasteiger partial charge in [-0.3, -0.25) is 9.59 Å². The van der Waals surface area contributed by atoms with Crippen LogP contribution in [-0.2, 0) is 14.8 Å². The van der Waals surface area contributed by atoms with E-state index in [0.717, 1.165) is 31.2 Å². The zero-order chi connectivity index (χ0) is 25.0. The van der Waals surface area contributed by atoms with E-state index in [1.54, 1.807) is 24.3 Å². The van der Waals surface area contributed by atoms with E-state index in [2.05, 4.69) is 10.6 Å². The van der Waals surface area contributed by atoms with E-state index >= 15 is 0 Å². The Morgan fingerprint density at radius 1 is 0.886 bits per heavy atom. The number of benzene rings is 2. The Balaban J connectivity index is 1.39. The SMILES string of the molecule is Cc1ccc(S(=O)(=O)N2CCC[C@H](C(=O)N[C@@H]3CCCC[C@H]3NC(=O)c3ccc(F)cc3)C2)cc1. The largest absolute Gasteiger partial charge is 0.351 e. The highest BCUT2D eigenvalue weighted by atomic mass is 32.2. The van der Waals surface area contributed by atoms with Gasteiger partial charge in [-0.05, 0) is 69.0 Å². The zero-order valence-corrected chi connectivity index (χ0v) is 20.7. The van der Waals surface area contributed by atoms with Crippen molar-refractivity contribution in [2.45, 2.75) is 62.4 Å². The summed E-state index contributed by atoms with van der Waals surface area (Å²) in [6, 6.07) is 11.6. The van der Waals surface area contributed by atoms with Crippen molar-refractivity contribution in [3.8, 4) is 0 Å². The number of carbonyl (C=O) groups is 2. The van der Waals surface area contributed by atoms with E-state index in [4.69, 9.17) is 0 Å². The highest BCUT2D eigenvalue weighted by Gasteiger charge is 2.35. The molecule has 188 valence electrons. The highest BCUT2D eigenvalue weighted by Crippen LogP contribution is 2.25. The standard InChI is InChI=1S/C26H32FN3O4S/c1-18-8-14-22(15-9-18)35(33,34)30-16-4-5-20(17-30)26(32)29-24-7-3-2-6-23(24)28-25(31)19-10-12-21(27)13-11-19/h8-15,20,23-24H,2-7,16-17H2,1H3,(H,28,31)(H,29,32)/t20-,23+,24+/m0/s1. The molecule has 35 heavy (non-hydrogen) atoms. The van der Waals surface area contributed by atoms with Crippen molar-refractivity contribution in [1.82, 2.24) is 14.9 Å². The number of hydrogen-bond acceptors (Lipinski definition) is 4. The molecule has 7 nitrogen and oxygen atoms in total. The summed E-state index contributed by atoms with van der Waals surface area (Å²) >= 11 is 0. The molecular weight excluding hydrogens is 469 g/mol. The third-order valence-electron chi connectivity index (χ3n) is 6.93. The molecule has 4 rings (SSSR count). The van der Waals surface area contributed by atoms with E-state index < -0.39 is 21.8 Å². The van der Waals surface area contributed by atoms with Crippen LogP contribution in [0.15, 0.2) is 53.4 Å². The first-order chi connectivity index (χ1) is 16.7. The smallest absolute Gasteiger partial charge is 0.251 e. The highest BCUT2D eigenvalue weighted by molar-refractivity contribution is 7.89. The fourth-order valence-corrected chi connectivity index (χ4v) is 6.39. The quantitative estimate of drug-likeness (QED) is 0.634. The predicted molar refractivity (Wildman–Crippen MR) is 131 cm³/mol. The molecule has 0 spiro atoms. The van der Waals surface area contributed by atoms with Crippen LogP contribution in [0.4, 0.5) is 4.39 Å². The van der Waals surface area contributed by atoms with Crippen LogP contribution < -0.4 is 10.6 Å². The van der Waals surface area contributed by atoms with Crippen LogP contribution in [0.5, 0.6) is 0 Å². The number of carbonyl (C=O) groups excluding carboxylic acids is 2. The summed E-state index contributed by atoms with van der Waals surface area (Å²) in [6.07, 6.45) is 4.57. The van der Waals surface area contributed by atoms with E-state index in [9.17, 15) is 22.4 Å². The number of sulfonamides is 1. The van der Waals surface area contributed by atoms with Gasteiger partial charge in [0.25, 0.3) is 5.91 Å². The van der Waals surface area contributed by atoms with Crippen molar-refractivity contribution in [2.75, 3.05) is 13.1 Å². The van der Waals surface area contributed by atoms with Gasteiger partial charge in [-0.25, -0.2) is 12.8 Å². The topological polar surface area (TPSA) is 95.6 Å². The lowest BCUT2D eigenvalue weighted by atomic mass is 9.89. The molecule has 0 unspecified atom stereocenters. The molecule has 1 saturated carbocycles. The molecule has 0 bridgehead atoms. The number of amides is 2. The lowest BCUT2D eigenvalue weighted by molar-refractivity contribution is -0.127. The normalized spacial score (nSPS) is 23.4. The minimum atomic E-state index is -3.67. The maximum Gasteiger partial charge on any atom is 0.251 e. The van der Waals surface area contributed by atoms with Crippen molar-refractivity contribution in [2.24, 2.45) is 5.92 Å². The molecular formula is C26H32FN3O4S. The van der Waals surface area contributed by atoms with Gasteiger partial charge in [0.2, 0.25) is 15.9 Å². The number of piperidine rings is 1. The summed E-state index contributed by atoms with van der Waals surface area (Å²) in [5.41, 5.74) is 1.35. The molecule has 1 aliphatic heterocycles. The van der Waals surface area contributed by atoms with E-state index in [1.165, 1.54) is 28.6 Å². The molecule has 9 heteroatoms. The number of nitrogens with one attached hydrogen (secondary N) is 2. The first-order valence-electron chi connectivity index (χ1n) is 12.2. The molecule has 2 aromatic carbocycles. The Hall–Kier alpha value is -2.78. The van der Waals surface area contributed by atoms with Crippen LogP contribution in [-0.4, -0.2) is 49.7 Å². The maximum atomic E-state index is 13.2. The zero-order valence-electron chi connectivity index (χ0n) is 19.9. The van der Waals surface area contributed by atoms with Crippen molar-refractivity contribution >= 4 is 21.8 Å². The van der Waals surface area contributed by atoms with Crippen LogP contribution in [0.25, 0.3) is 0 Å². The van der Waals surface area contributed by atoms with Crippen molar-refractivity contribution in [3.05, 3.63) is 65.5 Å². The molecule has 1 heterocycles. The second-order valence-corrected chi connectivity index (χ2v) is 11.4. The Labute approximate surface area is 206 Å². The lowest BCUT2D eigenvalue weighted by Gasteiger charge is -2.36. The Morgan fingerprint density at radius 3 is 2.17 bits per heavy atom. The molecule has 2 amide bonds. The molecule has 1 saturated heterocycles. The van der Waals surface area contributed by atoms with Gasteiger partial charge in [-0.2, -0.15) is 4.31 Å². The third kappa shape index (κ3) is 6.08. The average Bonchev–Trinajstić information content (AvgIpc) is 2.86. The minimum Gasteiger partial charge on any atom is -0.351 e. The van der Waals surface area contributed by atoms with Gasteiger partial charge in [-0.15, -0.1) is 0 Å². The Bertz CT molecular complexity index is 1150. The lowest BCUT2D eigenvalue weighted by Crippen LogP contribution is -2.55. The van der Waals surface area contributed by atoms with Crippen LogP contribution in [0.3, 0.4) is 0 Å². The van der Waals surface area contributed by atoms with Crippen LogP contribution in [0, 0.1) is 18.7 Å². The van der Waals surface area contributed by atoms with Gasteiger partial charge >= 0.3 is 0 Å². The van der Waals surface area contributed by atoms with E-state index in [1.807, 2.05) is 6.92 Å². The summed E-state index contributed by atoms with van der Waals surface area (Å²) in [5, 5.41) is 6.08. The fraction of sp³-hybridized carbons (Fsp3) is 0.462. The van der Waals surface area contributed by atoms with Gasteiger partial charge in [0.05, 0.1) is 10.8 Å². The van der Waals surface area contributed by atoms with E-state index in [-0.39, 0.29) is 35.3 Å². The summed E-state index contributed by atoms with van der Waals surface area (Å²) < 4.78 is 40.8. The number of nitrogens with zero attached hydrogens (tertiary/aromatic N) is 1. The molecule has 2 fully saturated rings. The second kappa shape index (κ2) is 10.9. The summed E-state index contributed by atoms with van der Waals surface area (Å²) in [7, 11) is -3.67. The predicted octanol–water partition coefficient (Wildman–Crippen LogP) is 3.39. The van der Waals surface area contributed by atoms with Gasteiger partial charge < -0.3 is 10.6 Å². The van der Waals surface area contributed by atoms with Crippen molar-refractivity contribution in [3.63, 3.8) is 0 Å². The molecule has 2 aromatic rings. The van der Waals surface area contributed by atoms with Gasteiger partial charge in [0, 0.05) is 30.7 Å². The molecule has 0 radical (unpaired) electrons. The van der Waals surface area contributed by atoms with Gasteiger partial charge in [0.1, 0.15) is 5.82 Å². The first-order valence-corrected chi connectivity index (χ1v) is 13.6. The third-order valence-corrected chi connectivity index (χ3v) is 8.81. The number of halogens is 1. The number of hydrogen-bond donors (Lipinski definition) is 2. The first kappa shape index (κ1) is 25.3. The molecule has 0 aromatic heterocycles. The molecule has 2 aliphatic rings. The minimum absolute atomic E-state index is 0.140. The second-order valence-electron chi connectivity index (χ2n) is 9.50. The van der Waals surface area contributed by atoms with Crippen LogP contribution >= 0.6 is 0 Å². The molecule has 1 aliphatic carbocycles. The van der Waals surface area contributed by atoms with Gasteiger partial charge in [-0.1, -0.05) is 30.5 Å². The summed E-state index contributed by atoms with van der Waals surface area (Å²) in [5.74, 6) is -1.33. The molecule has 3 atom stereocenters. The molecule has 2 N–H and O–H groups in total. The number of rotatable bonds is 6. The Morgan fingerprint density at radius 2 is 1.51 bits per heavy atom. The average molecular weight is 502 g/mol. The number of aryl methyl sites for hydroxylation is 1. The summed E-state index contributed by atoms with van der Waals surface area (Å²) in [6.45, 7) is 2.43. The fourth-order valence-electron chi connectivity index (χ4n) is 4.86. The Kier molecular flexibility index (Phi) is 7.86. The van der Waals surface area contributed by atoms with E-state index in [0.29, 0.717) is 24.9 Å². The van der Waals surface area contributed by atoms with Crippen LogP contribution in [0.2, 0.25) is 0 Å².